The molecule has 0 amide bonds. The number of hydrogen-bond donors (Lipinski definition) is 1. The van der Waals surface area contributed by atoms with Crippen molar-refractivity contribution in [1.82, 2.24) is 0 Å². The highest BCUT2D eigenvalue weighted by Gasteiger charge is 2.05. The fraction of sp³-hybridized carbons (Fsp3) is 0.158. The van der Waals surface area contributed by atoms with Crippen molar-refractivity contribution < 1.29 is 19.8 Å². The molecule has 0 aromatic heterocycles. The molecule has 25 heavy (non-hydrogen) atoms. The minimum absolute atomic E-state index is 0.201. The van der Waals surface area contributed by atoms with Gasteiger partial charge in [0.2, 0.25) is 0 Å². The van der Waals surface area contributed by atoms with E-state index >= 15 is 0 Å². The fourth-order valence-electron chi connectivity index (χ4n) is 1.87. The Morgan fingerprint density at radius 2 is 1.52 bits per heavy atom. The maximum atomic E-state index is 9.41. The number of hydrogen-bond acceptors (Lipinski definition) is 6. The number of carbonyl (C=O) groups is 2. The predicted octanol–water partition coefficient (Wildman–Crippen LogP) is 0.770. The maximum absolute atomic E-state index is 9.41. The zero-order chi connectivity index (χ0) is 18.7. The Morgan fingerprint density at radius 3 is 2.04 bits per heavy atom. The van der Waals surface area contributed by atoms with Crippen LogP contribution in [0.15, 0.2) is 76.5 Å². The van der Waals surface area contributed by atoms with Crippen LogP contribution >= 0.6 is 11.8 Å². The first-order chi connectivity index (χ1) is 11.9. The standard InChI is InChI=1S/C15H17NS.C4H4O4/c1-12(16)11-13-7-5-6-10-15(13)17-14-8-3-2-4-9-14;5-3(6)1-2-4(7)8/h2-10,12H,11,16H2,1H3;1-2H,(H,5,6)(H,7,8)/p-2/b;2-1-. The van der Waals surface area contributed by atoms with Crippen molar-refractivity contribution in [2.45, 2.75) is 29.2 Å². The lowest BCUT2D eigenvalue weighted by atomic mass is 10.1. The monoisotopic (exact) mass is 357 g/mol. The molecule has 1 unspecified atom stereocenters. The van der Waals surface area contributed by atoms with Gasteiger partial charge in [-0.25, -0.2) is 0 Å². The smallest absolute Gasteiger partial charge is 0.0643 e. The molecule has 0 heterocycles. The molecule has 2 aromatic carbocycles. The third kappa shape index (κ3) is 9.34. The maximum Gasteiger partial charge on any atom is 0.0643 e. The van der Waals surface area contributed by atoms with Gasteiger partial charge in [-0.2, -0.15) is 0 Å². The van der Waals surface area contributed by atoms with E-state index in [9.17, 15) is 19.8 Å². The van der Waals surface area contributed by atoms with Gasteiger partial charge in [0.25, 0.3) is 0 Å². The molecular formula is C19H19NO4S-2. The first kappa shape index (κ1) is 20.5. The summed E-state index contributed by atoms with van der Waals surface area (Å²) in [7, 11) is 0. The lowest BCUT2D eigenvalue weighted by molar-refractivity contribution is -0.301. The molecule has 0 saturated heterocycles. The van der Waals surface area contributed by atoms with Gasteiger partial charge < -0.3 is 25.5 Å². The molecule has 132 valence electrons. The second-order valence-electron chi connectivity index (χ2n) is 5.18. The number of nitrogens with two attached hydrogens (primary N) is 1. The number of carboxylic acids is 2. The van der Waals surface area contributed by atoms with E-state index in [1.165, 1.54) is 15.4 Å². The molecular weight excluding hydrogens is 338 g/mol. The fourth-order valence-corrected chi connectivity index (χ4v) is 2.85. The average molecular weight is 357 g/mol. The Morgan fingerprint density at radius 1 is 1.00 bits per heavy atom. The molecule has 1 atom stereocenters. The zero-order valence-corrected chi connectivity index (χ0v) is 14.6. The minimum Gasteiger partial charge on any atom is -0.545 e. The summed E-state index contributed by atoms with van der Waals surface area (Å²) in [4.78, 5) is 21.4. The molecule has 2 rings (SSSR count). The Bertz CT molecular complexity index is 698. The molecule has 0 aliphatic carbocycles. The number of aliphatic carboxylic acids is 2. The molecule has 0 radical (unpaired) electrons. The molecule has 2 N–H and O–H groups in total. The highest BCUT2D eigenvalue weighted by molar-refractivity contribution is 7.99. The van der Waals surface area contributed by atoms with Crippen LogP contribution in [0.4, 0.5) is 0 Å². The van der Waals surface area contributed by atoms with E-state index in [0.717, 1.165) is 6.42 Å². The summed E-state index contributed by atoms with van der Waals surface area (Å²) in [5.74, 6) is -3.09. The van der Waals surface area contributed by atoms with Crippen LogP contribution < -0.4 is 15.9 Å². The van der Waals surface area contributed by atoms with E-state index < -0.39 is 11.9 Å². The van der Waals surface area contributed by atoms with E-state index in [-0.39, 0.29) is 6.04 Å². The Hall–Kier alpha value is -2.57. The third-order valence-electron chi connectivity index (χ3n) is 2.84. The van der Waals surface area contributed by atoms with Crippen LogP contribution in [0.25, 0.3) is 0 Å². The van der Waals surface area contributed by atoms with E-state index in [4.69, 9.17) is 5.73 Å². The molecule has 0 spiro atoms. The van der Waals surface area contributed by atoms with Crippen LogP contribution in [0.1, 0.15) is 12.5 Å². The summed E-state index contributed by atoms with van der Waals surface area (Å²) >= 11 is 1.80. The van der Waals surface area contributed by atoms with E-state index in [1.54, 1.807) is 11.8 Å². The average Bonchev–Trinajstić information content (AvgIpc) is 2.56. The first-order valence-corrected chi connectivity index (χ1v) is 8.36. The van der Waals surface area contributed by atoms with Crippen LogP contribution in [0.2, 0.25) is 0 Å². The topological polar surface area (TPSA) is 106 Å². The van der Waals surface area contributed by atoms with Crippen molar-refractivity contribution in [2.24, 2.45) is 5.73 Å². The molecule has 0 aliphatic rings. The Labute approximate surface area is 151 Å². The van der Waals surface area contributed by atoms with Gasteiger partial charge in [0, 0.05) is 15.8 Å². The van der Waals surface area contributed by atoms with Gasteiger partial charge >= 0.3 is 0 Å². The zero-order valence-electron chi connectivity index (χ0n) is 13.8. The molecule has 0 aliphatic heterocycles. The summed E-state index contributed by atoms with van der Waals surface area (Å²) in [6, 6.07) is 19.1. The van der Waals surface area contributed by atoms with E-state index in [2.05, 4.69) is 48.5 Å². The van der Waals surface area contributed by atoms with Crippen LogP contribution in [-0.2, 0) is 16.0 Å². The number of carbonyl (C=O) groups excluding carboxylic acids is 2. The van der Waals surface area contributed by atoms with Crippen LogP contribution in [0, 0.1) is 0 Å². The van der Waals surface area contributed by atoms with Gasteiger partial charge in [0.05, 0.1) is 11.9 Å². The summed E-state index contributed by atoms with van der Waals surface area (Å²) in [6.07, 6.45) is 1.70. The molecule has 0 fully saturated rings. The largest absolute Gasteiger partial charge is 0.545 e. The lowest BCUT2D eigenvalue weighted by Gasteiger charge is -2.11. The van der Waals surface area contributed by atoms with Gasteiger partial charge in [-0.05, 0) is 49.3 Å². The SMILES string of the molecule is CC(N)Cc1ccccc1Sc1ccccc1.O=C([O-])/C=C\C(=O)[O-]. The van der Waals surface area contributed by atoms with Crippen molar-refractivity contribution in [3.05, 3.63) is 72.3 Å². The molecule has 0 saturated carbocycles. The van der Waals surface area contributed by atoms with Gasteiger partial charge in [0.1, 0.15) is 0 Å². The summed E-state index contributed by atoms with van der Waals surface area (Å²) in [5, 5.41) is 18.8. The van der Waals surface area contributed by atoms with Crippen LogP contribution in [0.5, 0.6) is 0 Å². The van der Waals surface area contributed by atoms with Crippen molar-refractivity contribution in [3.63, 3.8) is 0 Å². The lowest BCUT2D eigenvalue weighted by Crippen LogP contribution is -2.23. The second-order valence-corrected chi connectivity index (χ2v) is 6.29. The quantitative estimate of drug-likeness (QED) is 0.766. The molecule has 2 aromatic rings. The van der Waals surface area contributed by atoms with Crippen LogP contribution in [-0.4, -0.2) is 18.0 Å². The second kappa shape index (κ2) is 11.1. The third-order valence-corrected chi connectivity index (χ3v) is 3.97. The molecule has 0 bridgehead atoms. The Kier molecular flexibility index (Phi) is 9.06. The minimum atomic E-state index is -1.55. The van der Waals surface area contributed by atoms with Gasteiger partial charge in [-0.3, -0.25) is 0 Å². The number of benzene rings is 2. The summed E-state index contributed by atoms with van der Waals surface area (Å²) in [6.45, 7) is 2.05. The highest BCUT2D eigenvalue weighted by Crippen LogP contribution is 2.30. The van der Waals surface area contributed by atoms with Crippen molar-refractivity contribution >= 4 is 23.7 Å². The van der Waals surface area contributed by atoms with Crippen molar-refractivity contribution in [3.8, 4) is 0 Å². The van der Waals surface area contributed by atoms with E-state index in [1.807, 2.05) is 13.0 Å². The number of rotatable bonds is 6. The Balaban J connectivity index is 0.000000333. The predicted molar refractivity (Wildman–Crippen MR) is 93.5 cm³/mol. The molecule has 6 heteroatoms. The highest BCUT2D eigenvalue weighted by atomic mass is 32.2. The van der Waals surface area contributed by atoms with Crippen molar-refractivity contribution in [2.75, 3.05) is 0 Å². The van der Waals surface area contributed by atoms with E-state index in [0.29, 0.717) is 12.2 Å². The normalized spacial score (nSPS) is 11.4. The summed E-state index contributed by atoms with van der Waals surface area (Å²) < 4.78 is 0. The van der Waals surface area contributed by atoms with Gasteiger partial charge in [-0.1, -0.05) is 48.2 Å². The summed E-state index contributed by atoms with van der Waals surface area (Å²) in [5.41, 5.74) is 7.21. The first-order valence-electron chi connectivity index (χ1n) is 7.55. The molecule has 5 nitrogen and oxygen atoms in total. The van der Waals surface area contributed by atoms with Crippen molar-refractivity contribution in [1.29, 1.82) is 0 Å². The number of carboxylic acid groups (broad SMARTS) is 2. The van der Waals surface area contributed by atoms with Crippen LogP contribution in [0.3, 0.4) is 0 Å². The van der Waals surface area contributed by atoms with Gasteiger partial charge in [-0.15, -0.1) is 0 Å². The van der Waals surface area contributed by atoms with Gasteiger partial charge in [0.15, 0.2) is 0 Å².